The van der Waals surface area contributed by atoms with Crippen molar-refractivity contribution in [1.29, 1.82) is 0 Å². The Hall–Kier alpha value is -1.25. The summed E-state index contributed by atoms with van der Waals surface area (Å²) < 4.78 is 33.8. The van der Waals surface area contributed by atoms with Gasteiger partial charge < -0.3 is 27.9 Å². The molecule has 0 bridgehead atoms. The van der Waals surface area contributed by atoms with Crippen LogP contribution < -0.4 is 4.89 Å². The van der Waals surface area contributed by atoms with Gasteiger partial charge in [-0.25, -0.2) is 0 Å². The largest absolute Gasteiger partial charge is 0.756 e. The van der Waals surface area contributed by atoms with Crippen LogP contribution in [0.4, 0.5) is 0 Å². The van der Waals surface area contributed by atoms with Gasteiger partial charge in [0.2, 0.25) is 0 Å². The van der Waals surface area contributed by atoms with E-state index in [1.165, 1.54) is 103 Å². The first kappa shape index (κ1) is 49.8. The first-order valence-electron chi connectivity index (χ1n) is 20.9. The highest BCUT2D eigenvalue weighted by atomic mass is 31.2. The molecule has 0 aliphatic rings. The van der Waals surface area contributed by atoms with Crippen molar-refractivity contribution in [3.63, 3.8) is 0 Å². The molecule has 0 saturated heterocycles. The van der Waals surface area contributed by atoms with E-state index < -0.39 is 26.5 Å². The van der Waals surface area contributed by atoms with E-state index in [1.807, 2.05) is 21.1 Å². The molecule has 10 heteroatoms. The van der Waals surface area contributed by atoms with Crippen LogP contribution in [0.3, 0.4) is 0 Å². The number of rotatable bonds is 38. The lowest BCUT2D eigenvalue weighted by molar-refractivity contribution is -0.870. The Morgan fingerprint density at radius 1 is 0.588 bits per heavy atom. The summed E-state index contributed by atoms with van der Waals surface area (Å²) in [5, 5.41) is 0. The van der Waals surface area contributed by atoms with E-state index in [9.17, 15) is 19.0 Å². The van der Waals surface area contributed by atoms with Crippen LogP contribution >= 0.6 is 7.82 Å². The summed E-state index contributed by atoms with van der Waals surface area (Å²) in [6.45, 7) is 4.21. The van der Waals surface area contributed by atoms with E-state index in [0.717, 1.165) is 51.4 Å². The standard InChI is InChI=1S/C41H80NO8P/c1-6-8-10-12-14-16-18-20-22-23-25-27-29-31-33-40(43)47-37-39(38-49-51(45,46)48-36-35-42(3,4)5)50-41(44)34-32-30-28-26-24-21-19-17-15-13-11-9-7-2/h18,20,39H,6-17,19,21-38H2,1-5H3/b20-18-/t39-/m1/s1. The molecule has 0 aliphatic carbocycles. The number of nitrogens with zero attached hydrogens (tertiary/aromatic N) is 1. The Bertz CT molecular complexity index is 891. The minimum Gasteiger partial charge on any atom is -0.756 e. The molecule has 0 radical (unpaired) electrons. The van der Waals surface area contributed by atoms with E-state index in [4.69, 9.17) is 18.5 Å². The van der Waals surface area contributed by atoms with Crippen LogP contribution in [-0.4, -0.2) is 70.0 Å². The van der Waals surface area contributed by atoms with Gasteiger partial charge in [0, 0.05) is 12.8 Å². The number of carbonyl (C=O) groups excluding carboxylic acids is 2. The molecular weight excluding hydrogens is 665 g/mol. The van der Waals surface area contributed by atoms with Crippen LogP contribution in [-0.2, 0) is 32.7 Å². The number of phosphoric acid groups is 1. The van der Waals surface area contributed by atoms with E-state index in [0.29, 0.717) is 17.4 Å². The molecule has 0 aromatic heterocycles. The second-order valence-electron chi connectivity index (χ2n) is 15.4. The zero-order valence-electron chi connectivity index (χ0n) is 33.8. The summed E-state index contributed by atoms with van der Waals surface area (Å²) in [4.78, 5) is 37.4. The molecule has 9 nitrogen and oxygen atoms in total. The van der Waals surface area contributed by atoms with Crippen molar-refractivity contribution in [2.24, 2.45) is 0 Å². The normalized spacial score (nSPS) is 13.8. The predicted octanol–water partition coefficient (Wildman–Crippen LogP) is 10.8. The van der Waals surface area contributed by atoms with Gasteiger partial charge >= 0.3 is 11.9 Å². The summed E-state index contributed by atoms with van der Waals surface area (Å²) in [6.07, 6.45) is 33.7. The van der Waals surface area contributed by atoms with Crippen molar-refractivity contribution < 1.29 is 42.1 Å². The minimum absolute atomic E-state index is 0.0291. The second-order valence-corrected chi connectivity index (χ2v) is 16.8. The molecule has 0 heterocycles. The van der Waals surface area contributed by atoms with Gasteiger partial charge in [-0.05, 0) is 38.5 Å². The van der Waals surface area contributed by atoms with E-state index in [-0.39, 0.29) is 32.0 Å². The Labute approximate surface area is 314 Å². The maximum Gasteiger partial charge on any atom is 0.306 e. The SMILES string of the molecule is CCCCCCC/C=C\CCCCCCCC(=O)OC[C@H](COP(=O)([O-])OCC[N+](C)(C)C)OC(=O)CCCCCCCCCCCCCCC. The first-order chi connectivity index (χ1) is 24.5. The second kappa shape index (κ2) is 34.5. The molecular formula is C41H80NO8P. The van der Waals surface area contributed by atoms with Crippen LogP contribution in [0.2, 0.25) is 0 Å². The average Bonchev–Trinajstić information content (AvgIpc) is 3.07. The number of esters is 2. The minimum atomic E-state index is -4.62. The maximum absolute atomic E-state index is 12.6. The fourth-order valence-electron chi connectivity index (χ4n) is 5.71. The predicted molar refractivity (Wildman–Crippen MR) is 208 cm³/mol. The van der Waals surface area contributed by atoms with Crippen LogP contribution in [0.1, 0.15) is 187 Å². The number of hydrogen-bond donors (Lipinski definition) is 0. The molecule has 0 fully saturated rings. The number of ether oxygens (including phenoxy) is 2. The highest BCUT2D eigenvalue weighted by Crippen LogP contribution is 2.38. The number of unbranched alkanes of at least 4 members (excludes halogenated alkanes) is 22. The number of quaternary nitrogens is 1. The highest BCUT2D eigenvalue weighted by molar-refractivity contribution is 7.45. The molecule has 0 aliphatic heterocycles. The molecule has 0 spiro atoms. The molecule has 0 rings (SSSR count). The Kier molecular flexibility index (Phi) is 33.7. The molecule has 0 amide bonds. The monoisotopic (exact) mass is 746 g/mol. The van der Waals surface area contributed by atoms with Crippen LogP contribution in [0.25, 0.3) is 0 Å². The van der Waals surface area contributed by atoms with Crippen molar-refractivity contribution >= 4 is 19.8 Å². The average molecular weight is 746 g/mol. The van der Waals surface area contributed by atoms with Crippen molar-refractivity contribution in [1.82, 2.24) is 0 Å². The smallest absolute Gasteiger partial charge is 0.306 e. The van der Waals surface area contributed by atoms with Gasteiger partial charge in [0.15, 0.2) is 6.10 Å². The van der Waals surface area contributed by atoms with E-state index in [1.54, 1.807) is 0 Å². The van der Waals surface area contributed by atoms with Crippen LogP contribution in [0.15, 0.2) is 12.2 Å². The van der Waals surface area contributed by atoms with E-state index >= 15 is 0 Å². The zero-order chi connectivity index (χ0) is 37.9. The number of carbonyl (C=O) groups is 2. The van der Waals surface area contributed by atoms with Gasteiger partial charge in [-0.15, -0.1) is 0 Å². The molecule has 0 aromatic rings. The Morgan fingerprint density at radius 2 is 1.00 bits per heavy atom. The third-order valence-electron chi connectivity index (χ3n) is 9.04. The third-order valence-corrected chi connectivity index (χ3v) is 10.00. The van der Waals surface area contributed by atoms with Gasteiger partial charge in [-0.2, -0.15) is 0 Å². The summed E-state index contributed by atoms with van der Waals surface area (Å²) in [6, 6.07) is 0. The van der Waals surface area contributed by atoms with Gasteiger partial charge in [0.25, 0.3) is 7.82 Å². The fourth-order valence-corrected chi connectivity index (χ4v) is 6.44. The van der Waals surface area contributed by atoms with Crippen molar-refractivity contribution in [2.75, 3.05) is 47.5 Å². The maximum atomic E-state index is 12.6. The lowest BCUT2D eigenvalue weighted by Crippen LogP contribution is -2.37. The Balaban J connectivity index is 4.39. The van der Waals surface area contributed by atoms with Gasteiger partial charge in [0.1, 0.15) is 19.8 Å². The molecule has 2 atom stereocenters. The quantitative estimate of drug-likeness (QED) is 0.0202. The third kappa shape index (κ3) is 38.3. The summed E-state index contributed by atoms with van der Waals surface area (Å²) in [7, 11) is 1.17. The fraction of sp³-hybridized carbons (Fsp3) is 0.902. The summed E-state index contributed by atoms with van der Waals surface area (Å²) in [5.41, 5.74) is 0. The molecule has 0 aromatic carbocycles. The van der Waals surface area contributed by atoms with Gasteiger partial charge in [0.05, 0.1) is 27.7 Å². The number of hydrogen-bond acceptors (Lipinski definition) is 8. The summed E-state index contributed by atoms with van der Waals surface area (Å²) >= 11 is 0. The van der Waals surface area contributed by atoms with Crippen LogP contribution in [0, 0.1) is 0 Å². The first-order valence-corrected chi connectivity index (χ1v) is 22.4. The zero-order valence-corrected chi connectivity index (χ0v) is 34.7. The topological polar surface area (TPSA) is 111 Å². The number of allylic oxidation sites excluding steroid dienone is 2. The van der Waals surface area contributed by atoms with Crippen molar-refractivity contribution in [3.8, 4) is 0 Å². The highest BCUT2D eigenvalue weighted by Gasteiger charge is 2.21. The molecule has 1 unspecified atom stereocenters. The van der Waals surface area contributed by atoms with Gasteiger partial charge in [-0.1, -0.05) is 148 Å². The van der Waals surface area contributed by atoms with Gasteiger partial charge in [-0.3, -0.25) is 14.2 Å². The molecule has 0 N–H and O–H groups in total. The van der Waals surface area contributed by atoms with Crippen molar-refractivity contribution in [3.05, 3.63) is 12.2 Å². The Morgan fingerprint density at radius 3 is 1.45 bits per heavy atom. The molecule has 51 heavy (non-hydrogen) atoms. The van der Waals surface area contributed by atoms with Crippen molar-refractivity contribution in [2.45, 2.75) is 193 Å². The van der Waals surface area contributed by atoms with Crippen LogP contribution in [0.5, 0.6) is 0 Å². The molecule has 302 valence electrons. The number of phosphoric ester groups is 1. The number of likely N-dealkylation sites (N-methyl/N-ethyl adjacent to an activating group) is 1. The summed E-state index contributed by atoms with van der Waals surface area (Å²) in [5.74, 6) is -0.838. The lowest BCUT2D eigenvalue weighted by atomic mass is 10.0. The molecule has 0 saturated carbocycles. The van der Waals surface area contributed by atoms with E-state index in [2.05, 4.69) is 26.0 Å². The lowest BCUT2D eigenvalue weighted by Gasteiger charge is -2.28.